The Labute approximate surface area is 93.8 Å². The van der Waals surface area contributed by atoms with Crippen LogP contribution in [0.3, 0.4) is 0 Å². The van der Waals surface area contributed by atoms with Gasteiger partial charge in [-0.15, -0.1) is 0 Å². The number of isothiocyanates is 1. The van der Waals surface area contributed by atoms with Gasteiger partial charge in [-0.2, -0.15) is 0 Å². The molecular formula is C11H11NO2S. The number of aliphatic imine (C=N–C) groups is 1. The topological polar surface area (TPSA) is 38.7 Å². The fourth-order valence-corrected chi connectivity index (χ4v) is 1.35. The third kappa shape index (κ3) is 3.62. The van der Waals surface area contributed by atoms with Gasteiger partial charge in [0.2, 0.25) is 0 Å². The normalized spacial score (nSPS) is 11.3. The van der Waals surface area contributed by atoms with Crippen LogP contribution in [0.25, 0.3) is 0 Å². The summed E-state index contributed by atoms with van der Waals surface area (Å²) in [5.74, 6) is -0.392. The minimum absolute atomic E-state index is 0.392. The molecule has 0 saturated carbocycles. The number of nitrogens with zero attached hydrogens (tertiary/aromatic N) is 1. The van der Waals surface area contributed by atoms with Crippen LogP contribution in [0.5, 0.6) is 0 Å². The Bertz CT molecular complexity index is 371. The van der Waals surface area contributed by atoms with E-state index in [1.807, 2.05) is 30.3 Å². The van der Waals surface area contributed by atoms with Crippen LogP contribution in [0.1, 0.15) is 5.56 Å². The van der Waals surface area contributed by atoms with Crippen molar-refractivity contribution >= 4 is 23.3 Å². The number of carbonyl (C=O) groups is 1. The molecule has 3 nitrogen and oxygen atoms in total. The third-order valence-electron chi connectivity index (χ3n) is 1.95. The first kappa shape index (κ1) is 11.6. The van der Waals surface area contributed by atoms with Gasteiger partial charge in [0.05, 0.1) is 12.3 Å². The molecule has 1 aromatic rings. The molecular weight excluding hydrogens is 210 g/mol. The first-order chi connectivity index (χ1) is 7.27. The Kier molecular flexibility index (Phi) is 4.68. The number of hydrogen-bond acceptors (Lipinski definition) is 4. The molecule has 1 aromatic carbocycles. The number of methoxy groups -OCH3 is 1. The highest BCUT2D eigenvalue weighted by Gasteiger charge is 2.17. The molecule has 0 amide bonds. The van der Waals surface area contributed by atoms with Crippen molar-refractivity contribution in [2.24, 2.45) is 4.99 Å². The van der Waals surface area contributed by atoms with E-state index in [0.717, 1.165) is 5.56 Å². The van der Waals surface area contributed by atoms with Gasteiger partial charge in [0, 0.05) is 6.42 Å². The lowest BCUT2D eigenvalue weighted by Crippen LogP contribution is -2.22. The van der Waals surface area contributed by atoms with Gasteiger partial charge in [0.1, 0.15) is 0 Å². The average molecular weight is 221 g/mol. The molecule has 15 heavy (non-hydrogen) atoms. The highest BCUT2D eigenvalue weighted by atomic mass is 32.1. The number of hydrogen-bond donors (Lipinski definition) is 0. The lowest BCUT2D eigenvalue weighted by atomic mass is 10.1. The number of rotatable bonds is 4. The molecule has 0 spiro atoms. The van der Waals surface area contributed by atoms with Crippen LogP contribution in [0.15, 0.2) is 35.3 Å². The summed E-state index contributed by atoms with van der Waals surface area (Å²) >= 11 is 4.49. The maximum atomic E-state index is 11.3. The maximum Gasteiger partial charge on any atom is 0.331 e. The van der Waals surface area contributed by atoms with E-state index in [2.05, 4.69) is 27.1 Å². The second-order valence-electron chi connectivity index (χ2n) is 2.95. The Morgan fingerprint density at radius 2 is 2.20 bits per heavy atom. The number of ether oxygens (including phenoxy) is 1. The summed E-state index contributed by atoms with van der Waals surface area (Å²) in [5.41, 5.74) is 1.02. The zero-order valence-corrected chi connectivity index (χ0v) is 9.16. The summed E-state index contributed by atoms with van der Waals surface area (Å²) in [6, 6.07) is 8.99. The molecule has 1 atom stereocenters. The maximum absolute atomic E-state index is 11.3. The van der Waals surface area contributed by atoms with E-state index in [1.165, 1.54) is 7.11 Å². The first-order valence-electron chi connectivity index (χ1n) is 4.46. The van der Waals surface area contributed by atoms with Gasteiger partial charge in [0.15, 0.2) is 6.04 Å². The van der Waals surface area contributed by atoms with Crippen LogP contribution in [0, 0.1) is 0 Å². The van der Waals surface area contributed by atoms with E-state index < -0.39 is 12.0 Å². The highest BCUT2D eigenvalue weighted by molar-refractivity contribution is 7.78. The fraction of sp³-hybridized carbons (Fsp3) is 0.273. The van der Waals surface area contributed by atoms with Crippen molar-refractivity contribution in [1.29, 1.82) is 0 Å². The van der Waals surface area contributed by atoms with Crippen LogP contribution in [0.4, 0.5) is 0 Å². The minimum atomic E-state index is -0.588. The second kappa shape index (κ2) is 6.06. The van der Waals surface area contributed by atoms with E-state index in [0.29, 0.717) is 6.42 Å². The monoisotopic (exact) mass is 221 g/mol. The van der Waals surface area contributed by atoms with Crippen molar-refractivity contribution in [3.05, 3.63) is 35.9 Å². The zero-order valence-electron chi connectivity index (χ0n) is 8.34. The number of esters is 1. The molecule has 0 N–H and O–H groups in total. The van der Waals surface area contributed by atoms with Crippen LogP contribution in [-0.2, 0) is 16.0 Å². The molecule has 0 radical (unpaired) electrons. The summed E-state index contributed by atoms with van der Waals surface area (Å²) in [5, 5.41) is 2.21. The van der Waals surface area contributed by atoms with E-state index in [4.69, 9.17) is 0 Å². The SMILES string of the molecule is COC(=O)C(Cc1ccccc1)N=C=S. The Morgan fingerprint density at radius 3 is 2.73 bits per heavy atom. The molecule has 0 aliphatic heterocycles. The van der Waals surface area contributed by atoms with Crippen molar-refractivity contribution in [2.75, 3.05) is 7.11 Å². The van der Waals surface area contributed by atoms with Crippen LogP contribution in [-0.4, -0.2) is 24.3 Å². The molecule has 4 heteroatoms. The fourth-order valence-electron chi connectivity index (χ4n) is 1.22. The van der Waals surface area contributed by atoms with E-state index in [-0.39, 0.29) is 0 Å². The van der Waals surface area contributed by atoms with Crippen molar-refractivity contribution in [3.63, 3.8) is 0 Å². The lowest BCUT2D eigenvalue weighted by molar-refractivity contribution is -0.142. The van der Waals surface area contributed by atoms with Gasteiger partial charge in [0.25, 0.3) is 0 Å². The smallest absolute Gasteiger partial charge is 0.331 e. The molecule has 0 aliphatic rings. The number of benzene rings is 1. The number of carbonyl (C=O) groups excluding carboxylic acids is 1. The predicted octanol–water partition coefficient (Wildman–Crippen LogP) is 1.87. The van der Waals surface area contributed by atoms with Crippen molar-refractivity contribution in [3.8, 4) is 0 Å². The summed E-state index contributed by atoms with van der Waals surface area (Å²) in [4.78, 5) is 15.1. The minimum Gasteiger partial charge on any atom is -0.467 e. The molecule has 1 unspecified atom stereocenters. The Hall–Kier alpha value is -1.51. The summed E-state index contributed by atoms with van der Waals surface area (Å²) < 4.78 is 4.62. The molecule has 1 rings (SSSR count). The standard InChI is InChI=1S/C11H11NO2S/c1-14-11(13)10(12-8-15)7-9-5-3-2-4-6-9/h2-6,10H,7H2,1H3. The summed E-state index contributed by atoms with van der Waals surface area (Å²) in [6.45, 7) is 0. The van der Waals surface area contributed by atoms with Gasteiger partial charge >= 0.3 is 5.97 Å². The van der Waals surface area contributed by atoms with Crippen molar-refractivity contribution in [1.82, 2.24) is 0 Å². The first-order valence-corrected chi connectivity index (χ1v) is 4.87. The quantitative estimate of drug-likeness (QED) is 0.442. The molecule has 0 aromatic heterocycles. The third-order valence-corrected chi connectivity index (χ3v) is 2.06. The average Bonchev–Trinajstić information content (AvgIpc) is 2.29. The van der Waals surface area contributed by atoms with Crippen molar-refractivity contribution in [2.45, 2.75) is 12.5 Å². The van der Waals surface area contributed by atoms with Gasteiger partial charge < -0.3 is 4.74 Å². The van der Waals surface area contributed by atoms with Gasteiger partial charge in [-0.25, -0.2) is 9.79 Å². The Morgan fingerprint density at radius 1 is 1.53 bits per heavy atom. The molecule has 78 valence electrons. The molecule has 0 fully saturated rings. The summed E-state index contributed by atoms with van der Waals surface area (Å²) in [6.07, 6.45) is 0.483. The van der Waals surface area contributed by atoms with Crippen LogP contribution in [0.2, 0.25) is 0 Å². The van der Waals surface area contributed by atoms with Crippen LogP contribution < -0.4 is 0 Å². The second-order valence-corrected chi connectivity index (χ2v) is 3.13. The van der Waals surface area contributed by atoms with E-state index in [1.54, 1.807) is 0 Å². The van der Waals surface area contributed by atoms with E-state index >= 15 is 0 Å². The number of thiocarbonyl (C=S) groups is 1. The van der Waals surface area contributed by atoms with Gasteiger partial charge in [-0.1, -0.05) is 30.3 Å². The molecule has 0 aliphatic carbocycles. The predicted molar refractivity (Wildman–Crippen MR) is 61.0 cm³/mol. The molecule has 0 saturated heterocycles. The van der Waals surface area contributed by atoms with Crippen molar-refractivity contribution < 1.29 is 9.53 Å². The largest absolute Gasteiger partial charge is 0.467 e. The highest BCUT2D eigenvalue weighted by Crippen LogP contribution is 2.06. The summed E-state index contributed by atoms with van der Waals surface area (Å²) in [7, 11) is 1.33. The molecule has 0 heterocycles. The molecule has 0 bridgehead atoms. The lowest BCUT2D eigenvalue weighted by Gasteiger charge is -2.08. The van der Waals surface area contributed by atoms with Gasteiger partial charge in [-0.3, -0.25) is 0 Å². The Balaban J connectivity index is 2.75. The van der Waals surface area contributed by atoms with Crippen LogP contribution >= 0.6 is 12.2 Å². The van der Waals surface area contributed by atoms with Gasteiger partial charge in [-0.05, 0) is 17.8 Å². The van der Waals surface area contributed by atoms with E-state index in [9.17, 15) is 4.79 Å². The zero-order chi connectivity index (χ0) is 11.1.